The molecule has 0 amide bonds. The summed E-state index contributed by atoms with van der Waals surface area (Å²) in [6, 6.07) is 8.17. The van der Waals surface area contributed by atoms with Crippen LogP contribution in [0.3, 0.4) is 0 Å². The molecule has 4 nitrogen and oxygen atoms in total. The molecule has 3 rings (SSSR count). The van der Waals surface area contributed by atoms with Crippen LogP contribution in [0, 0.1) is 13.8 Å². The molecule has 0 N–H and O–H groups in total. The molecular formula is C16H14N4. The molecule has 2 aromatic heterocycles. The first kappa shape index (κ1) is 12.4. The van der Waals surface area contributed by atoms with Crippen molar-refractivity contribution >= 4 is 0 Å². The molecule has 0 aliphatic carbocycles. The molecule has 0 fully saturated rings. The van der Waals surface area contributed by atoms with Crippen LogP contribution in [0.15, 0.2) is 49.1 Å². The van der Waals surface area contributed by atoms with E-state index in [-0.39, 0.29) is 0 Å². The third-order valence-electron chi connectivity index (χ3n) is 3.08. The Bertz CT molecular complexity index is 636. The zero-order valence-electron chi connectivity index (χ0n) is 11.4. The van der Waals surface area contributed by atoms with E-state index in [1.54, 1.807) is 12.4 Å². The third-order valence-corrected chi connectivity index (χ3v) is 3.08. The summed E-state index contributed by atoms with van der Waals surface area (Å²) in [5, 5.41) is 0. The van der Waals surface area contributed by atoms with Crippen molar-refractivity contribution in [3.63, 3.8) is 0 Å². The van der Waals surface area contributed by atoms with E-state index in [0.29, 0.717) is 0 Å². The molecule has 2 heterocycles. The van der Waals surface area contributed by atoms with Crippen LogP contribution in [0.5, 0.6) is 0 Å². The lowest BCUT2D eigenvalue weighted by atomic mass is 10.1. The highest BCUT2D eigenvalue weighted by Crippen LogP contribution is 2.22. The van der Waals surface area contributed by atoms with Gasteiger partial charge in [0, 0.05) is 29.7 Å². The molecule has 0 unspecified atom stereocenters. The highest BCUT2D eigenvalue weighted by molar-refractivity contribution is 5.67. The zero-order valence-corrected chi connectivity index (χ0v) is 11.4. The van der Waals surface area contributed by atoms with E-state index in [9.17, 15) is 0 Å². The monoisotopic (exact) mass is 262 g/mol. The Labute approximate surface area is 117 Å². The molecule has 0 aliphatic rings. The van der Waals surface area contributed by atoms with Crippen LogP contribution < -0.4 is 0 Å². The number of aromatic nitrogens is 4. The number of hydrogen-bond donors (Lipinski definition) is 0. The summed E-state index contributed by atoms with van der Waals surface area (Å²) in [7, 11) is 0. The van der Waals surface area contributed by atoms with Gasteiger partial charge in [-0.3, -0.25) is 9.97 Å². The second-order valence-electron chi connectivity index (χ2n) is 4.64. The standard InChI is InChI=1S/C16H14N4/c1-11-7-20-16(10-17-11)14-5-3-13(4-6-14)15-8-18-12(2)19-9-15/h3-10H,1-2H3. The SMILES string of the molecule is Cc1cnc(-c2ccc(-c3cnc(C)nc3)cc2)cn1. The molecule has 0 saturated heterocycles. The summed E-state index contributed by atoms with van der Waals surface area (Å²) in [6.07, 6.45) is 7.24. The van der Waals surface area contributed by atoms with Crippen LogP contribution in [0.25, 0.3) is 22.4 Å². The number of benzene rings is 1. The van der Waals surface area contributed by atoms with Gasteiger partial charge in [0.2, 0.25) is 0 Å². The minimum Gasteiger partial charge on any atom is -0.258 e. The van der Waals surface area contributed by atoms with Crippen molar-refractivity contribution in [3.05, 3.63) is 60.6 Å². The molecule has 3 aromatic rings. The fourth-order valence-electron chi connectivity index (χ4n) is 1.92. The fraction of sp³-hybridized carbons (Fsp3) is 0.125. The molecule has 0 bridgehead atoms. The first-order chi connectivity index (χ1) is 9.72. The minimum absolute atomic E-state index is 0.778. The van der Waals surface area contributed by atoms with Gasteiger partial charge in [-0.05, 0) is 19.4 Å². The van der Waals surface area contributed by atoms with Gasteiger partial charge in [0.05, 0.1) is 17.6 Å². The van der Waals surface area contributed by atoms with E-state index in [1.165, 1.54) is 0 Å². The lowest BCUT2D eigenvalue weighted by molar-refractivity contribution is 1.06. The van der Waals surface area contributed by atoms with Crippen molar-refractivity contribution < 1.29 is 0 Å². The Kier molecular flexibility index (Phi) is 3.21. The van der Waals surface area contributed by atoms with Gasteiger partial charge < -0.3 is 0 Å². The van der Waals surface area contributed by atoms with Crippen molar-refractivity contribution in [2.24, 2.45) is 0 Å². The normalized spacial score (nSPS) is 10.5. The molecule has 0 atom stereocenters. The maximum atomic E-state index is 4.38. The van der Waals surface area contributed by atoms with Crippen molar-refractivity contribution in [3.8, 4) is 22.4 Å². The maximum Gasteiger partial charge on any atom is 0.125 e. The predicted octanol–water partition coefficient (Wildman–Crippen LogP) is 3.22. The lowest BCUT2D eigenvalue weighted by Crippen LogP contribution is -1.89. The zero-order chi connectivity index (χ0) is 13.9. The summed E-state index contributed by atoms with van der Waals surface area (Å²) < 4.78 is 0. The quantitative estimate of drug-likeness (QED) is 0.711. The van der Waals surface area contributed by atoms with Gasteiger partial charge in [0.1, 0.15) is 5.82 Å². The van der Waals surface area contributed by atoms with Crippen molar-refractivity contribution in [2.45, 2.75) is 13.8 Å². The van der Waals surface area contributed by atoms with E-state index < -0.39 is 0 Å². The molecule has 98 valence electrons. The van der Waals surface area contributed by atoms with Gasteiger partial charge in [-0.25, -0.2) is 9.97 Å². The second-order valence-corrected chi connectivity index (χ2v) is 4.64. The van der Waals surface area contributed by atoms with Gasteiger partial charge in [-0.15, -0.1) is 0 Å². The highest BCUT2D eigenvalue weighted by Gasteiger charge is 2.02. The van der Waals surface area contributed by atoms with Crippen molar-refractivity contribution in [1.29, 1.82) is 0 Å². The largest absolute Gasteiger partial charge is 0.258 e. The minimum atomic E-state index is 0.778. The molecule has 0 spiro atoms. The summed E-state index contributed by atoms with van der Waals surface area (Å²) >= 11 is 0. The number of nitrogens with zero attached hydrogens (tertiary/aromatic N) is 4. The average Bonchev–Trinajstić information content (AvgIpc) is 2.49. The van der Waals surface area contributed by atoms with E-state index in [0.717, 1.165) is 33.9 Å². The van der Waals surface area contributed by atoms with Crippen LogP contribution in [0.4, 0.5) is 0 Å². The van der Waals surface area contributed by atoms with Gasteiger partial charge in [0.25, 0.3) is 0 Å². The van der Waals surface area contributed by atoms with E-state index in [1.807, 2.05) is 50.5 Å². The Morgan fingerprint density at radius 2 is 1.25 bits per heavy atom. The molecule has 0 saturated carbocycles. The molecule has 0 radical (unpaired) electrons. The average molecular weight is 262 g/mol. The third kappa shape index (κ3) is 2.54. The maximum absolute atomic E-state index is 4.38. The van der Waals surface area contributed by atoms with Crippen LogP contribution in [0.2, 0.25) is 0 Å². The van der Waals surface area contributed by atoms with Gasteiger partial charge in [-0.2, -0.15) is 0 Å². The van der Waals surface area contributed by atoms with Gasteiger partial charge in [-0.1, -0.05) is 24.3 Å². The van der Waals surface area contributed by atoms with Crippen LogP contribution in [-0.4, -0.2) is 19.9 Å². The van der Waals surface area contributed by atoms with E-state index in [4.69, 9.17) is 0 Å². The number of rotatable bonds is 2. The molecule has 4 heteroatoms. The summed E-state index contributed by atoms with van der Waals surface area (Å²) in [5.41, 5.74) is 4.95. The Morgan fingerprint density at radius 3 is 1.85 bits per heavy atom. The number of aryl methyl sites for hydroxylation is 2. The molecule has 1 aromatic carbocycles. The van der Waals surface area contributed by atoms with Crippen molar-refractivity contribution in [1.82, 2.24) is 19.9 Å². The lowest BCUT2D eigenvalue weighted by Gasteiger charge is -2.04. The van der Waals surface area contributed by atoms with Crippen LogP contribution >= 0.6 is 0 Å². The highest BCUT2D eigenvalue weighted by atomic mass is 14.8. The van der Waals surface area contributed by atoms with Gasteiger partial charge in [0.15, 0.2) is 0 Å². The summed E-state index contributed by atoms with van der Waals surface area (Å²) in [5.74, 6) is 0.778. The smallest absolute Gasteiger partial charge is 0.125 e. The van der Waals surface area contributed by atoms with Crippen LogP contribution in [-0.2, 0) is 0 Å². The van der Waals surface area contributed by atoms with E-state index >= 15 is 0 Å². The molecular weight excluding hydrogens is 248 g/mol. The molecule has 0 aliphatic heterocycles. The summed E-state index contributed by atoms with van der Waals surface area (Å²) in [4.78, 5) is 17.1. The Hall–Kier alpha value is -2.62. The number of hydrogen-bond acceptors (Lipinski definition) is 4. The van der Waals surface area contributed by atoms with Gasteiger partial charge >= 0.3 is 0 Å². The first-order valence-corrected chi connectivity index (χ1v) is 6.40. The second kappa shape index (κ2) is 5.17. The Balaban J connectivity index is 1.91. The van der Waals surface area contributed by atoms with E-state index in [2.05, 4.69) is 19.9 Å². The summed E-state index contributed by atoms with van der Waals surface area (Å²) in [6.45, 7) is 3.81. The fourth-order valence-corrected chi connectivity index (χ4v) is 1.92. The topological polar surface area (TPSA) is 51.6 Å². The van der Waals surface area contributed by atoms with Crippen LogP contribution in [0.1, 0.15) is 11.5 Å². The predicted molar refractivity (Wildman–Crippen MR) is 78.0 cm³/mol. The first-order valence-electron chi connectivity index (χ1n) is 6.40. The van der Waals surface area contributed by atoms with Crippen molar-refractivity contribution in [2.75, 3.05) is 0 Å². The molecule has 20 heavy (non-hydrogen) atoms. The Morgan fingerprint density at radius 1 is 0.600 bits per heavy atom.